The summed E-state index contributed by atoms with van der Waals surface area (Å²) in [6, 6.07) is 8.90. The third kappa shape index (κ3) is 4.85. The summed E-state index contributed by atoms with van der Waals surface area (Å²) < 4.78 is 0. The molecule has 1 saturated heterocycles. The van der Waals surface area contributed by atoms with E-state index in [1.54, 1.807) is 0 Å². The van der Waals surface area contributed by atoms with Gasteiger partial charge in [-0.2, -0.15) is 0 Å². The van der Waals surface area contributed by atoms with Crippen LogP contribution in [0.2, 0.25) is 0 Å². The SMILES string of the molecule is CCc1ccc(CN2CCN(C(=O)CC(C)C)CC2)cc1. The Balaban J connectivity index is 1.79. The predicted octanol–water partition coefficient (Wildman–Crippen LogP) is 2.94. The first-order valence-corrected chi connectivity index (χ1v) is 8.16. The number of hydrogen-bond acceptors (Lipinski definition) is 2. The molecule has 1 aliphatic rings. The minimum absolute atomic E-state index is 0.317. The zero-order valence-electron chi connectivity index (χ0n) is 13.6. The van der Waals surface area contributed by atoms with Crippen LogP contribution in [0.1, 0.15) is 38.3 Å². The zero-order valence-corrected chi connectivity index (χ0v) is 13.6. The molecule has 116 valence electrons. The van der Waals surface area contributed by atoms with E-state index in [0.717, 1.165) is 39.1 Å². The van der Waals surface area contributed by atoms with Gasteiger partial charge in [-0.25, -0.2) is 0 Å². The molecule has 0 aliphatic carbocycles. The summed E-state index contributed by atoms with van der Waals surface area (Å²) in [6.07, 6.45) is 1.77. The Morgan fingerprint density at radius 3 is 2.14 bits per heavy atom. The van der Waals surface area contributed by atoms with Crippen LogP contribution in [0.25, 0.3) is 0 Å². The summed E-state index contributed by atoms with van der Waals surface area (Å²) in [5.41, 5.74) is 2.76. The predicted molar refractivity (Wildman–Crippen MR) is 87.1 cm³/mol. The van der Waals surface area contributed by atoms with E-state index < -0.39 is 0 Å². The molecule has 1 aliphatic heterocycles. The van der Waals surface area contributed by atoms with Crippen molar-refractivity contribution in [2.24, 2.45) is 5.92 Å². The van der Waals surface area contributed by atoms with Crippen LogP contribution < -0.4 is 0 Å². The zero-order chi connectivity index (χ0) is 15.2. The van der Waals surface area contributed by atoms with Crippen molar-refractivity contribution in [3.8, 4) is 0 Å². The molecule has 3 heteroatoms. The molecule has 0 N–H and O–H groups in total. The van der Waals surface area contributed by atoms with Crippen molar-refractivity contribution in [2.45, 2.75) is 40.2 Å². The lowest BCUT2D eigenvalue weighted by molar-refractivity contribution is -0.133. The number of benzene rings is 1. The fourth-order valence-electron chi connectivity index (χ4n) is 2.77. The second-order valence-electron chi connectivity index (χ2n) is 6.42. The fraction of sp³-hybridized carbons (Fsp3) is 0.611. The van der Waals surface area contributed by atoms with E-state index in [9.17, 15) is 4.79 Å². The maximum Gasteiger partial charge on any atom is 0.222 e. The molecule has 1 heterocycles. The molecule has 21 heavy (non-hydrogen) atoms. The molecular weight excluding hydrogens is 260 g/mol. The fourth-order valence-corrected chi connectivity index (χ4v) is 2.77. The molecule has 1 aromatic rings. The molecule has 0 bridgehead atoms. The molecule has 0 radical (unpaired) electrons. The first-order valence-electron chi connectivity index (χ1n) is 8.16. The Labute approximate surface area is 128 Å². The summed E-state index contributed by atoms with van der Waals surface area (Å²) in [5, 5.41) is 0. The second kappa shape index (κ2) is 7.60. The summed E-state index contributed by atoms with van der Waals surface area (Å²) in [4.78, 5) is 16.5. The highest BCUT2D eigenvalue weighted by Crippen LogP contribution is 2.12. The smallest absolute Gasteiger partial charge is 0.222 e. The van der Waals surface area contributed by atoms with Crippen molar-refractivity contribution in [1.82, 2.24) is 9.80 Å². The van der Waals surface area contributed by atoms with Crippen LogP contribution in [0, 0.1) is 5.92 Å². The average molecular weight is 288 g/mol. The number of nitrogens with zero attached hydrogens (tertiary/aromatic N) is 2. The number of aryl methyl sites for hydroxylation is 1. The minimum atomic E-state index is 0.317. The van der Waals surface area contributed by atoms with E-state index in [4.69, 9.17) is 0 Å². The van der Waals surface area contributed by atoms with Crippen LogP contribution in [-0.2, 0) is 17.8 Å². The Hall–Kier alpha value is -1.35. The third-order valence-electron chi connectivity index (χ3n) is 4.15. The van der Waals surface area contributed by atoms with Crippen LogP contribution in [-0.4, -0.2) is 41.9 Å². The van der Waals surface area contributed by atoms with Gasteiger partial charge in [-0.15, -0.1) is 0 Å². The standard InChI is InChI=1S/C18H28N2O/c1-4-16-5-7-17(8-6-16)14-19-9-11-20(12-10-19)18(21)13-15(2)3/h5-8,15H,4,9-14H2,1-3H3. The molecule has 2 rings (SSSR count). The van der Waals surface area contributed by atoms with Gasteiger partial charge in [-0.3, -0.25) is 9.69 Å². The lowest BCUT2D eigenvalue weighted by Crippen LogP contribution is -2.48. The lowest BCUT2D eigenvalue weighted by atomic mass is 10.1. The summed E-state index contributed by atoms with van der Waals surface area (Å²) in [6.45, 7) is 11.1. The Morgan fingerprint density at radius 1 is 1.05 bits per heavy atom. The first-order chi connectivity index (χ1) is 10.1. The van der Waals surface area contributed by atoms with Gasteiger partial charge in [-0.1, -0.05) is 45.0 Å². The van der Waals surface area contributed by atoms with Crippen LogP contribution in [0.5, 0.6) is 0 Å². The summed E-state index contributed by atoms with van der Waals surface area (Å²) in [5.74, 6) is 0.768. The van der Waals surface area contributed by atoms with Gasteiger partial charge in [0.2, 0.25) is 5.91 Å². The molecular formula is C18H28N2O. The van der Waals surface area contributed by atoms with Gasteiger partial charge in [0.25, 0.3) is 0 Å². The molecule has 1 aromatic carbocycles. The molecule has 0 saturated carbocycles. The lowest BCUT2D eigenvalue weighted by Gasteiger charge is -2.35. The highest BCUT2D eigenvalue weighted by Gasteiger charge is 2.21. The van der Waals surface area contributed by atoms with E-state index in [0.29, 0.717) is 18.2 Å². The largest absolute Gasteiger partial charge is 0.340 e. The van der Waals surface area contributed by atoms with Crippen molar-refractivity contribution in [1.29, 1.82) is 0 Å². The van der Waals surface area contributed by atoms with Crippen molar-refractivity contribution >= 4 is 5.91 Å². The van der Waals surface area contributed by atoms with Crippen LogP contribution in [0.15, 0.2) is 24.3 Å². The van der Waals surface area contributed by atoms with Gasteiger partial charge in [0.05, 0.1) is 0 Å². The summed E-state index contributed by atoms with van der Waals surface area (Å²) in [7, 11) is 0. The minimum Gasteiger partial charge on any atom is -0.340 e. The molecule has 3 nitrogen and oxygen atoms in total. The van der Waals surface area contributed by atoms with Crippen LogP contribution >= 0.6 is 0 Å². The molecule has 0 unspecified atom stereocenters. The quantitative estimate of drug-likeness (QED) is 0.831. The number of amides is 1. The number of carbonyl (C=O) groups excluding carboxylic acids is 1. The van der Waals surface area contributed by atoms with E-state index in [1.807, 2.05) is 4.90 Å². The van der Waals surface area contributed by atoms with E-state index in [-0.39, 0.29) is 0 Å². The van der Waals surface area contributed by atoms with Crippen molar-refractivity contribution in [2.75, 3.05) is 26.2 Å². The van der Waals surface area contributed by atoms with Gasteiger partial charge < -0.3 is 4.90 Å². The van der Waals surface area contributed by atoms with E-state index in [2.05, 4.69) is 49.9 Å². The molecule has 1 amide bonds. The number of piperazine rings is 1. The first kappa shape index (κ1) is 16.0. The topological polar surface area (TPSA) is 23.6 Å². The number of carbonyl (C=O) groups is 1. The van der Waals surface area contributed by atoms with Gasteiger partial charge in [-0.05, 0) is 23.5 Å². The highest BCUT2D eigenvalue weighted by atomic mass is 16.2. The van der Waals surface area contributed by atoms with Crippen molar-refractivity contribution in [3.05, 3.63) is 35.4 Å². The Kier molecular flexibility index (Phi) is 5.80. The second-order valence-corrected chi connectivity index (χ2v) is 6.42. The number of hydrogen-bond donors (Lipinski definition) is 0. The van der Waals surface area contributed by atoms with Crippen molar-refractivity contribution in [3.63, 3.8) is 0 Å². The maximum atomic E-state index is 12.1. The van der Waals surface area contributed by atoms with Gasteiger partial charge >= 0.3 is 0 Å². The molecule has 0 aromatic heterocycles. The third-order valence-corrected chi connectivity index (χ3v) is 4.15. The molecule has 0 spiro atoms. The number of rotatable bonds is 5. The van der Waals surface area contributed by atoms with E-state index in [1.165, 1.54) is 11.1 Å². The van der Waals surface area contributed by atoms with Gasteiger partial charge in [0.15, 0.2) is 0 Å². The molecule has 1 fully saturated rings. The van der Waals surface area contributed by atoms with E-state index >= 15 is 0 Å². The van der Waals surface area contributed by atoms with Crippen molar-refractivity contribution < 1.29 is 4.79 Å². The maximum absolute atomic E-state index is 12.1. The normalized spacial score (nSPS) is 16.5. The highest BCUT2D eigenvalue weighted by molar-refractivity contribution is 5.76. The van der Waals surface area contributed by atoms with Gasteiger partial charge in [0.1, 0.15) is 0 Å². The monoisotopic (exact) mass is 288 g/mol. The molecule has 0 atom stereocenters. The van der Waals surface area contributed by atoms with Crippen LogP contribution in [0.4, 0.5) is 0 Å². The van der Waals surface area contributed by atoms with Gasteiger partial charge in [0, 0.05) is 39.1 Å². The summed E-state index contributed by atoms with van der Waals surface area (Å²) >= 11 is 0. The average Bonchev–Trinajstić information content (AvgIpc) is 2.48. The Bertz CT molecular complexity index is 445. The Morgan fingerprint density at radius 2 is 1.62 bits per heavy atom. The van der Waals surface area contributed by atoms with Crippen LogP contribution in [0.3, 0.4) is 0 Å².